The number of fused-ring (bicyclic) bond motifs is 1. The third-order valence-electron chi connectivity index (χ3n) is 4.78. The van der Waals surface area contributed by atoms with Crippen molar-refractivity contribution in [3.8, 4) is 5.75 Å². The second kappa shape index (κ2) is 5.54. The highest BCUT2D eigenvalue weighted by molar-refractivity contribution is 5.39. The highest BCUT2D eigenvalue weighted by Crippen LogP contribution is 2.35. The zero-order valence-corrected chi connectivity index (χ0v) is 11.8. The Bertz CT molecular complexity index is 441. The van der Waals surface area contributed by atoms with E-state index in [1.807, 2.05) is 12.1 Å². The van der Waals surface area contributed by atoms with Gasteiger partial charge in [-0.15, -0.1) is 0 Å². The Hall–Kier alpha value is -1.02. The molecule has 0 spiro atoms. The van der Waals surface area contributed by atoms with Crippen molar-refractivity contribution in [1.82, 2.24) is 0 Å². The van der Waals surface area contributed by atoms with Gasteiger partial charge < -0.3 is 9.84 Å². The summed E-state index contributed by atoms with van der Waals surface area (Å²) in [5, 5.41) is 9.82. The van der Waals surface area contributed by atoms with E-state index in [-0.39, 0.29) is 6.10 Å². The van der Waals surface area contributed by atoms with E-state index in [0.717, 1.165) is 30.1 Å². The summed E-state index contributed by atoms with van der Waals surface area (Å²) in [6.07, 6.45) is 8.31. The van der Waals surface area contributed by atoms with Gasteiger partial charge in [-0.05, 0) is 61.3 Å². The fourth-order valence-corrected chi connectivity index (χ4v) is 3.56. The van der Waals surface area contributed by atoms with Gasteiger partial charge in [-0.3, -0.25) is 0 Å². The monoisotopic (exact) mass is 260 g/mol. The Morgan fingerprint density at radius 1 is 1.26 bits per heavy atom. The third kappa shape index (κ3) is 2.79. The summed E-state index contributed by atoms with van der Waals surface area (Å²) in [5.41, 5.74) is 2.37. The minimum absolute atomic E-state index is 0.261. The Balaban J connectivity index is 1.67. The topological polar surface area (TPSA) is 29.5 Å². The van der Waals surface area contributed by atoms with E-state index in [0.29, 0.717) is 6.10 Å². The molecule has 0 radical (unpaired) electrons. The molecule has 2 aliphatic carbocycles. The molecule has 1 fully saturated rings. The molecule has 104 valence electrons. The summed E-state index contributed by atoms with van der Waals surface area (Å²) in [6.45, 7) is 2.28. The van der Waals surface area contributed by atoms with Crippen molar-refractivity contribution in [3.05, 3.63) is 29.3 Å². The maximum atomic E-state index is 9.82. The fourth-order valence-electron chi connectivity index (χ4n) is 3.56. The van der Waals surface area contributed by atoms with Gasteiger partial charge in [0.2, 0.25) is 0 Å². The van der Waals surface area contributed by atoms with Crippen molar-refractivity contribution in [3.63, 3.8) is 0 Å². The van der Waals surface area contributed by atoms with Crippen LogP contribution in [0.2, 0.25) is 0 Å². The van der Waals surface area contributed by atoms with Crippen LogP contribution < -0.4 is 4.74 Å². The van der Waals surface area contributed by atoms with Crippen LogP contribution in [0.25, 0.3) is 0 Å². The molecule has 3 rings (SSSR count). The number of rotatable bonds is 3. The minimum atomic E-state index is -0.261. The summed E-state index contributed by atoms with van der Waals surface area (Å²) in [4.78, 5) is 0. The number of hydrogen-bond donors (Lipinski definition) is 1. The second-order valence-corrected chi connectivity index (χ2v) is 6.10. The number of hydrogen-bond acceptors (Lipinski definition) is 2. The molecule has 0 aromatic heterocycles. The molecule has 1 aromatic rings. The zero-order chi connectivity index (χ0) is 13.2. The Labute approximate surface area is 115 Å². The normalized spacial score (nSPS) is 30.1. The van der Waals surface area contributed by atoms with E-state index < -0.39 is 0 Å². The van der Waals surface area contributed by atoms with Crippen LogP contribution in [0.15, 0.2) is 18.2 Å². The summed E-state index contributed by atoms with van der Waals surface area (Å²) in [6, 6.07) is 6.21. The van der Waals surface area contributed by atoms with E-state index in [9.17, 15) is 5.11 Å². The van der Waals surface area contributed by atoms with Gasteiger partial charge in [-0.1, -0.05) is 25.8 Å². The molecule has 0 aliphatic heterocycles. The molecule has 0 amide bonds. The highest BCUT2D eigenvalue weighted by atomic mass is 16.5. The van der Waals surface area contributed by atoms with Crippen LogP contribution in [0.4, 0.5) is 0 Å². The lowest BCUT2D eigenvalue weighted by atomic mass is 9.85. The van der Waals surface area contributed by atoms with Crippen LogP contribution in [-0.4, -0.2) is 11.2 Å². The maximum Gasteiger partial charge on any atom is 0.120 e. The second-order valence-electron chi connectivity index (χ2n) is 6.10. The molecule has 0 saturated heterocycles. The summed E-state index contributed by atoms with van der Waals surface area (Å²) < 4.78 is 6.17. The Morgan fingerprint density at radius 3 is 3.00 bits per heavy atom. The lowest BCUT2D eigenvalue weighted by molar-refractivity contribution is 0.122. The maximum absolute atomic E-state index is 9.82. The standard InChI is InChI=1S/C17H24O2/c1-2-12-4-3-5-14(10-12)19-15-7-8-16-13(11-15)6-9-17(16)18/h7-8,11-12,14,17-18H,2-6,9-10H2,1H3/t12?,14?,17-/m0/s1. The molecule has 2 nitrogen and oxygen atoms in total. The third-order valence-corrected chi connectivity index (χ3v) is 4.78. The first-order valence-corrected chi connectivity index (χ1v) is 7.73. The molecule has 2 aliphatic rings. The van der Waals surface area contributed by atoms with E-state index in [1.165, 1.54) is 37.7 Å². The predicted molar refractivity (Wildman–Crippen MR) is 76.4 cm³/mol. The number of aryl methyl sites for hydroxylation is 1. The van der Waals surface area contributed by atoms with Gasteiger partial charge in [0, 0.05) is 0 Å². The number of benzene rings is 1. The summed E-state index contributed by atoms with van der Waals surface area (Å²) >= 11 is 0. The molecule has 19 heavy (non-hydrogen) atoms. The van der Waals surface area contributed by atoms with Crippen LogP contribution in [-0.2, 0) is 6.42 Å². The van der Waals surface area contributed by atoms with Crippen LogP contribution in [0.5, 0.6) is 5.75 Å². The Morgan fingerprint density at radius 2 is 2.16 bits per heavy atom. The minimum Gasteiger partial charge on any atom is -0.490 e. The van der Waals surface area contributed by atoms with Crippen LogP contribution in [0.1, 0.15) is 62.7 Å². The van der Waals surface area contributed by atoms with E-state index in [1.54, 1.807) is 0 Å². The molecule has 2 unspecified atom stereocenters. The van der Waals surface area contributed by atoms with Gasteiger partial charge in [0.25, 0.3) is 0 Å². The summed E-state index contributed by atoms with van der Waals surface area (Å²) in [7, 11) is 0. The van der Waals surface area contributed by atoms with Crippen molar-refractivity contribution in [2.45, 2.75) is 64.1 Å². The molecule has 1 saturated carbocycles. The van der Waals surface area contributed by atoms with Crippen molar-refractivity contribution >= 4 is 0 Å². The molecule has 3 atom stereocenters. The van der Waals surface area contributed by atoms with Crippen LogP contribution >= 0.6 is 0 Å². The quantitative estimate of drug-likeness (QED) is 0.889. The zero-order valence-electron chi connectivity index (χ0n) is 11.8. The lowest BCUT2D eigenvalue weighted by Crippen LogP contribution is -2.25. The predicted octanol–water partition coefficient (Wildman–Crippen LogP) is 4.01. The van der Waals surface area contributed by atoms with Gasteiger partial charge in [0.15, 0.2) is 0 Å². The SMILES string of the molecule is CCC1CCCC(Oc2ccc3c(c2)CC[C@@H]3O)C1. The number of aliphatic hydroxyl groups excluding tert-OH is 1. The first-order chi connectivity index (χ1) is 9.26. The van der Waals surface area contributed by atoms with Crippen molar-refractivity contribution in [2.75, 3.05) is 0 Å². The van der Waals surface area contributed by atoms with E-state index >= 15 is 0 Å². The average Bonchev–Trinajstić information content (AvgIpc) is 2.80. The molecular formula is C17H24O2. The van der Waals surface area contributed by atoms with Gasteiger partial charge in [0.1, 0.15) is 5.75 Å². The van der Waals surface area contributed by atoms with Crippen molar-refractivity contribution in [1.29, 1.82) is 0 Å². The van der Waals surface area contributed by atoms with Crippen molar-refractivity contribution in [2.24, 2.45) is 5.92 Å². The largest absolute Gasteiger partial charge is 0.490 e. The van der Waals surface area contributed by atoms with Crippen LogP contribution in [0, 0.1) is 5.92 Å². The van der Waals surface area contributed by atoms with Crippen molar-refractivity contribution < 1.29 is 9.84 Å². The lowest BCUT2D eigenvalue weighted by Gasteiger charge is -2.29. The Kier molecular flexibility index (Phi) is 3.79. The molecule has 1 aromatic carbocycles. The first kappa shape index (κ1) is 13.0. The van der Waals surface area contributed by atoms with Gasteiger partial charge in [-0.25, -0.2) is 0 Å². The number of aliphatic hydroxyl groups is 1. The highest BCUT2D eigenvalue weighted by Gasteiger charge is 2.24. The number of ether oxygens (including phenoxy) is 1. The van der Waals surface area contributed by atoms with Gasteiger partial charge >= 0.3 is 0 Å². The smallest absolute Gasteiger partial charge is 0.120 e. The van der Waals surface area contributed by atoms with E-state index in [2.05, 4.69) is 13.0 Å². The molecular weight excluding hydrogens is 236 g/mol. The molecule has 0 bridgehead atoms. The fraction of sp³-hybridized carbons (Fsp3) is 0.647. The molecule has 1 N–H and O–H groups in total. The molecule has 0 heterocycles. The summed E-state index contributed by atoms with van der Waals surface area (Å²) in [5.74, 6) is 1.84. The van der Waals surface area contributed by atoms with Crippen LogP contribution in [0.3, 0.4) is 0 Å². The van der Waals surface area contributed by atoms with E-state index in [4.69, 9.17) is 4.74 Å². The molecule has 2 heteroatoms. The average molecular weight is 260 g/mol. The van der Waals surface area contributed by atoms with Gasteiger partial charge in [0.05, 0.1) is 12.2 Å². The first-order valence-electron chi connectivity index (χ1n) is 7.73. The van der Waals surface area contributed by atoms with Gasteiger partial charge in [-0.2, -0.15) is 0 Å².